The predicted molar refractivity (Wildman–Crippen MR) is 43.4 cm³/mol. The van der Waals surface area contributed by atoms with Crippen molar-refractivity contribution in [3.05, 3.63) is 22.4 Å². The molecule has 0 amide bonds. The van der Waals surface area contributed by atoms with E-state index in [4.69, 9.17) is 8.22 Å². The van der Waals surface area contributed by atoms with E-state index in [1.165, 1.54) is 0 Å². The quantitative estimate of drug-likeness (QED) is 0.797. The fourth-order valence-electron chi connectivity index (χ4n) is 0.502. The van der Waals surface area contributed by atoms with Gasteiger partial charge in [-0.3, -0.25) is 4.98 Å². The van der Waals surface area contributed by atoms with Crippen molar-refractivity contribution < 1.29 is 21.7 Å². The molecule has 0 spiro atoms. The van der Waals surface area contributed by atoms with Gasteiger partial charge >= 0.3 is 0 Å². The summed E-state index contributed by atoms with van der Waals surface area (Å²) in [5.74, 6) is -0.645. The lowest BCUT2D eigenvalue weighted by Gasteiger charge is -2.03. The summed E-state index contributed by atoms with van der Waals surface area (Å²) in [5, 5.41) is 0. The number of methoxy groups -OCH3 is 1. The van der Waals surface area contributed by atoms with Gasteiger partial charge in [-0.1, -0.05) is 0 Å². The van der Waals surface area contributed by atoms with Crippen LogP contribution in [-0.4, -0.2) is 12.0 Å². The van der Waals surface area contributed by atoms with Crippen molar-refractivity contribution in [2.45, 2.75) is 6.40 Å². The molecule has 0 aliphatic carbocycles. The Morgan fingerprint density at radius 1 is 1.92 bits per heavy atom. The minimum atomic E-state index is -4.16. The zero-order valence-electron chi connectivity index (χ0n) is 11.5. The largest absolute Gasteiger partial charge is 0.494 e. The summed E-state index contributed by atoms with van der Waals surface area (Å²) in [6.07, 6.45) is -5.05. The van der Waals surface area contributed by atoms with E-state index in [-0.39, 0.29) is 0 Å². The topological polar surface area (TPSA) is 22.1 Å². The molecule has 0 fully saturated rings. The number of hydrogen-bond acceptors (Lipinski definition) is 2. The van der Waals surface area contributed by atoms with E-state index in [1.807, 2.05) is 0 Å². The molecule has 0 saturated heterocycles. The van der Waals surface area contributed by atoms with Crippen molar-refractivity contribution >= 4 is 15.9 Å². The summed E-state index contributed by atoms with van der Waals surface area (Å²) < 4.78 is 71.1. The normalized spacial score (nSPS) is 19.6. The maximum Gasteiger partial charge on any atom is 0.280 e. The van der Waals surface area contributed by atoms with Gasteiger partial charge in [0.2, 0.25) is 0 Å². The molecule has 0 N–H and O–H groups in total. The van der Waals surface area contributed by atoms with Gasteiger partial charge in [0.15, 0.2) is 5.75 Å². The van der Waals surface area contributed by atoms with Gasteiger partial charge in [0.05, 0.1) is 24.5 Å². The summed E-state index contributed by atoms with van der Waals surface area (Å²) in [4.78, 5) is 3.03. The fourth-order valence-corrected chi connectivity index (χ4v) is 0.859. The van der Waals surface area contributed by atoms with Gasteiger partial charge in [-0.15, -0.1) is 0 Å². The summed E-state index contributed by atoms with van der Waals surface area (Å²) in [5.41, 5.74) is -1.25. The van der Waals surface area contributed by atoms with Crippen molar-refractivity contribution in [3.8, 4) is 5.75 Å². The van der Waals surface area contributed by atoms with Gasteiger partial charge in [0.1, 0.15) is 7.06 Å². The van der Waals surface area contributed by atoms with Crippen LogP contribution in [0.3, 0.4) is 0 Å². The molecule has 2 nitrogen and oxygen atoms in total. The molecule has 5 heteroatoms. The Labute approximate surface area is 85.1 Å². The molecule has 0 aliphatic heterocycles. The van der Waals surface area contributed by atoms with Crippen LogP contribution in [0.2, 0.25) is 0 Å². The molecule has 0 radical (unpaired) electrons. The van der Waals surface area contributed by atoms with E-state index in [1.54, 1.807) is 0 Å². The molecule has 1 rings (SSSR count). The van der Waals surface area contributed by atoms with Crippen LogP contribution in [0.25, 0.3) is 0 Å². The highest BCUT2D eigenvalue weighted by Crippen LogP contribution is 2.27. The molecular formula is C7H6BrF2NO. The SMILES string of the molecule is [2H]c1nc(C([2H])(F)F)c([2H])c(Br)c1OC([2H])([2H])[2H]. The summed E-state index contributed by atoms with van der Waals surface area (Å²) in [7, 11) is -2.91. The Kier molecular flexibility index (Phi) is 1.27. The van der Waals surface area contributed by atoms with Crippen LogP contribution in [0.5, 0.6) is 5.75 Å². The molecule has 0 saturated carbocycles. The van der Waals surface area contributed by atoms with Crippen molar-refractivity contribution in [2.75, 3.05) is 7.04 Å². The summed E-state index contributed by atoms with van der Waals surface area (Å²) in [6, 6.07) is -0.898. The first-order chi connectivity index (χ1) is 7.93. The third-order valence-corrected chi connectivity index (χ3v) is 1.54. The van der Waals surface area contributed by atoms with Crippen molar-refractivity contribution in [1.82, 2.24) is 4.98 Å². The first-order valence-electron chi connectivity index (χ1n) is 5.67. The van der Waals surface area contributed by atoms with Crippen molar-refractivity contribution in [3.63, 3.8) is 0 Å². The van der Waals surface area contributed by atoms with E-state index in [0.717, 1.165) is 0 Å². The second-order valence-corrected chi connectivity index (χ2v) is 2.50. The number of alkyl halides is 2. The van der Waals surface area contributed by atoms with Crippen LogP contribution in [0.15, 0.2) is 16.7 Å². The number of halogens is 3. The molecule has 0 aliphatic rings. The van der Waals surface area contributed by atoms with Gasteiger partial charge in [-0.25, -0.2) is 8.78 Å². The van der Waals surface area contributed by atoms with Crippen LogP contribution < -0.4 is 4.74 Å². The number of nitrogens with zero attached hydrogens (tertiary/aromatic N) is 1. The lowest BCUT2D eigenvalue weighted by molar-refractivity contribution is 0.146. The lowest BCUT2D eigenvalue weighted by atomic mass is 10.3. The molecule has 1 aromatic heterocycles. The van der Waals surface area contributed by atoms with Crippen LogP contribution in [0.4, 0.5) is 8.78 Å². The van der Waals surface area contributed by atoms with Gasteiger partial charge in [0.25, 0.3) is 6.40 Å². The highest BCUT2D eigenvalue weighted by atomic mass is 79.9. The minimum absolute atomic E-state index is 0.458. The molecule has 1 aromatic rings. The van der Waals surface area contributed by atoms with Crippen molar-refractivity contribution in [1.29, 1.82) is 0 Å². The highest BCUT2D eigenvalue weighted by Gasteiger charge is 2.10. The maximum absolute atomic E-state index is 12.8. The number of rotatable bonds is 2. The maximum atomic E-state index is 12.8. The van der Waals surface area contributed by atoms with E-state index in [9.17, 15) is 8.78 Å². The minimum Gasteiger partial charge on any atom is -0.494 e. The molecule has 0 unspecified atom stereocenters. The molecule has 12 heavy (non-hydrogen) atoms. The number of ether oxygens (including phenoxy) is 1. The molecule has 1 heterocycles. The number of pyridine rings is 1. The lowest BCUT2D eigenvalue weighted by Crippen LogP contribution is -1.92. The predicted octanol–water partition coefficient (Wildman–Crippen LogP) is 2.79. The Bertz CT molecular complexity index is 474. The van der Waals surface area contributed by atoms with Crippen LogP contribution in [-0.2, 0) is 0 Å². The molecule has 66 valence electrons. The third-order valence-electron chi connectivity index (χ3n) is 0.978. The monoisotopic (exact) mass is 243 g/mol. The van der Waals surface area contributed by atoms with E-state index < -0.39 is 41.6 Å². The fraction of sp³-hybridized carbons (Fsp3) is 0.286. The van der Waals surface area contributed by atoms with Gasteiger partial charge in [-0.2, -0.15) is 0 Å². The second-order valence-electron chi connectivity index (χ2n) is 1.70. The van der Waals surface area contributed by atoms with E-state index in [2.05, 4.69) is 25.7 Å². The summed E-state index contributed by atoms with van der Waals surface area (Å²) in [6.45, 7) is 0. The Morgan fingerprint density at radius 2 is 2.67 bits per heavy atom. The van der Waals surface area contributed by atoms with E-state index in [0.29, 0.717) is 0 Å². The first-order valence-corrected chi connectivity index (χ1v) is 3.47. The van der Waals surface area contributed by atoms with Crippen LogP contribution in [0, 0.1) is 0 Å². The molecule has 0 aromatic carbocycles. The average Bonchev–Trinajstić information content (AvgIpc) is 2.15. The van der Waals surface area contributed by atoms with Crippen LogP contribution in [0.1, 0.15) is 20.3 Å². The summed E-state index contributed by atoms with van der Waals surface area (Å²) >= 11 is 2.69. The zero-order chi connectivity index (χ0) is 14.3. The Morgan fingerprint density at radius 3 is 3.25 bits per heavy atom. The average molecular weight is 244 g/mol. The van der Waals surface area contributed by atoms with Gasteiger partial charge < -0.3 is 4.74 Å². The standard InChI is InChI=1S/C7H6BrF2NO/c1-12-6-3-11-5(7(9)10)2-4(6)8/h2-3,7H,1H3/i1D3,2D,3D,7D. The molecule has 0 bridgehead atoms. The third kappa shape index (κ3) is 1.91. The van der Waals surface area contributed by atoms with E-state index >= 15 is 0 Å². The van der Waals surface area contributed by atoms with Gasteiger partial charge in [-0.05, 0) is 22.0 Å². The number of hydrogen-bond donors (Lipinski definition) is 0. The first kappa shape index (κ1) is 4.00. The zero-order valence-corrected chi connectivity index (χ0v) is 7.08. The van der Waals surface area contributed by atoms with Gasteiger partial charge in [0, 0.05) is 0 Å². The molecular weight excluding hydrogens is 232 g/mol. The van der Waals surface area contributed by atoms with Crippen molar-refractivity contribution in [2.24, 2.45) is 0 Å². The number of aromatic nitrogens is 1. The second kappa shape index (κ2) is 3.80. The van der Waals surface area contributed by atoms with Crippen LogP contribution >= 0.6 is 15.9 Å². The highest BCUT2D eigenvalue weighted by molar-refractivity contribution is 9.10. The Balaban J connectivity index is 3.39. The molecule has 0 atom stereocenters. The smallest absolute Gasteiger partial charge is 0.280 e. The Hall–Kier alpha value is -0.710.